The van der Waals surface area contributed by atoms with Crippen molar-refractivity contribution in [3.05, 3.63) is 76.9 Å². The first-order valence-corrected chi connectivity index (χ1v) is 17.4. The first kappa shape index (κ1) is 36.0. The maximum Gasteiger partial charge on any atom is 0.167 e. The summed E-state index contributed by atoms with van der Waals surface area (Å²) >= 11 is 0. The van der Waals surface area contributed by atoms with Gasteiger partial charge >= 0.3 is 0 Å². The first-order chi connectivity index (χ1) is 22.7. The number of aromatic nitrogens is 3. The molecule has 1 heterocycles. The molecule has 0 saturated heterocycles. The van der Waals surface area contributed by atoms with Crippen LogP contribution in [-0.2, 0) is 4.74 Å². The van der Waals surface area contributed by atoms with Gasteiger partial charge < -0.3 is 19.7 Å². The molecule has 0 saturated carbocycles. The Morgan fingerprint density at radius 2 is 1.09 bits per heavy atom. The first-order valence-electron chi connectivity index (χ1n) is 17.4. The highest BCUT2D eigenvalue weighted by Crippen LogP contribution is 2.34. The van der Waals surface area contributed by atoms with Crippen molar-refractivity contribution in [2.24, 2.45) is 0 Å². The lowest BCUT2D eigenvalue weighted by Gasteiger charge is -2.14. The van der Waals surface area contributed by atoms with E-state index in [0.29, 0.717) is 35.4 Å². The van der Waals surface area contributed by atoms with Gasteiger partial charge in [0.25, 0.3) is 0 Å². The van der Waals surface area contributed by atoms with Gasteiger partial charge in [0.1, 0.15) is 24.2 Å². The van der Waals surface area contributed by atoms with Gasteiger partial charge in [-0.2, -0.15) is 0 Å². The molecule has 0 aliphatic rings. The van der Waals surface area contributed by atoms with Crippen molar-refractivity contribution in [2.75, 3.05) is 19.8 Å². The topological polar surface area (TPSA) is 97.6 Å². The quantitative estimate of drug-likeness (QED) is 0.0986. The van der Waals surface area contributed by atoms with Crippen LogP contribution >= 0.6 is 0 Å². The SMILES string of the molecule is CCCCCCCCCCCCOC[C@H](O)COc1ccc(-c2nc(-c3ccc(C)cc3C)nc(-c3ccc(C)cc3C)n2)c(O)c1. The van der Waals surface area contributed by atoms with E-state index in [1.165, 1.54) is 57.4 Å². The van der Waals surface area contributed by atoms with Crippen LogP contribution < -0.4 is 4.74 Å². The van der Waals surface area contributed by atoms with Crippen LogP contribution in [0.5, 0.6) is 11.5 Å². The third kappa shape index (κ3) is 11.1. The van der Waals surface area contributed by atoms with Gasteiger partial charge in [-0.25, -0.2) is 15.0 Å². The maximum absolute atomic E-state index is 11.1. The largest absolute Gasteiger partial charge is 0.507 e. The fourth-order valence-electron chi connectivity index (χ4n) is 5.81. The molecule has 4 aromatic rings. The van der Waals surface area contributed by atoms with Gasteiger partial charge in [-0.05, 0) is 57.4 Å². The van der Waals surface area contributed by atoms with E-state index in [4.69, 9.17) is 24.4 Å². The fourth-order valence-corrected chi connectivity index (χ4v) is 5.81. The van der Waals surface area contributed by atoms with E-state index < -0.39 is 6.10 Å². The Morgan fingerprint density at radius 1 is 0.596 bits per heavy atom. The minimum Gasteiger partial charge on any atom is -0.507 e. The second-order valence-corrected chi connectivity index (χ2v) is 12.8. The summed E-state index contributed by atoms with van der Waals surface area (Å²) in [4.78, 5) is 14.5. The zero-order valence-corrected chi connectivity index (χ0v) is 29.0. The van der Waals surface area contributed by atoms with Crippen molar-refractivity contribution in [1.29, 1.82) is 0 Å². The van der Waals surface area contributed by atoms with E-state index in [1.807, 2.05) is 38.1 Å². The van der Waals surface area contributed by atoms with Crippen molar-refractivity contribution in [1.82, 2.24) is 15.0 Å². The average Bonchev–Trinajstić information content (AvgIpc) is 3.04. The van der Waals surface area contributed by atoms with Gasteiger partial charge in [-0.3, -0.25) is 0 Å². The van der Waals surface area contributed by atoms with Gasteiger partial charge in [0, 0.05) is 23.8 Å². The molecule has 0 aliphatic carbocycles. The van der Waals surface area contributed by atoms with Crippen molar-refractivity contribution < 1.29 is 19.7 Å². The highest BCUT2D eigenvalue weighted by molar-refractivity contribution is 5.72. The number of aryl methyl sites for hydroxylation is 4. The van der Waals surface area contributed by atoms with Crippen LogP contribution in [0, 0.1) is 27.7 Å². The summed E-state index contributed by atoms with van der Waals surface area (Å²) in [5, 5.41) is 21.5. The molecule has 3 aromatic carbocycles. The van der Waals surface area contributed by atoms with E-state index in [9.17, 15) is 10.2 Å². The standard InChI is InChI=1S/C40H53N3O4/c1-6-7-8-9-10-11-12-13-14-15-22-46-26-32(44)27-47-33-18-21-36(37(45)25-33)40-42-38(34-19-16-28(2)23-30(34)4)41-39(43-40)35-20-17-29(3)24-31(35)5/h16-21,23-25,32,44-45H,6-15,22,26-27H2,1-5H3/t32-/m0/s1. The lowest BCUT2D eigenvalue weighted by Crippen LogP contribution is -2.23. The summed E-state index contributed by atoms with van der Waals surface area (Å²) in [7, 11) is 0. The zero-order valence-electron chi connectivity index (χ0n) is 29.0. The molecular formula is C40H53N3O4. The van der Waals surface area contributed by atoms with Crippen LogP contribution in [0.2, 0.25) is 0 Å². The van der Waals surface area contributed by atoms with Crippen molar-refractivity contribution in [2.45, 2.75) is 105 Å². The fraction of sp³-hybridized carbons (Fsp3) is 0.475. The monoisotopic (exact) mass is 639 g/mol. The van der Waals surface area contributed by atoms with Crippen molar-refractivity contribution in [3.8, 4) is 45.7 Å². The van der Waals surface area contributed by atoms with E-state index >= 15 is 0 Å². The van der Waals surface area contributed by atoms with E-state index in [0.717, 1.165) is 46.2 Å². The summed E-state index contributed by atoms with van der Waals surface area (Å²) < 4.78 is 11.5. The van der Waals surface area contributed by atoms with Gasteiger partial charge in [0.15, 0.2) is 17.5 Å². The molecule has 0 amide bonds. The van der Waals surface area contributed by atoms with Gasteiger partial charge in [-0.1, -0.05) is 112 Å². The number of aliphatic hydroxyl groups is 1. The average molecular weight is 640 g/mol. The van der Waals surface area contributed by atoms with Crippen LogP contribution in [0.1, 0.15) is 93.4 Å². The Balaban J connectivity index is 1.35. The molecule has 0 aliphatic heterocycles. The Labute approximate surface area is 281 Å². The second-order valence-electron chi connectivity index (χ2n) is 12.8. The number of unbranched alkanes of at least 4 members (excludes halogenated alkanes) is 9. The second kappa shape index (κ2) is 18.5. The summed E-state index contributed by atoms with van der Waals surface area (Å²) in [6.07, 6.45) is 12.0. The van der Waals surface area contributed by atoms with Gasteiger partial charge in [0.05, 0.1) is 12.2 Å². The Kier molecular flexibility index (Phi) is 14.2. The molecule has 0 fully saturated rings. The molecule has 252 valence electrons. The summed E-state index contributed by atoms with van der Waals surface area (Å²) in [6.45, 7) is 11.4. The van der Waals surface area contributed by atoms with Crippen molar-refractivity contribution >= 4 is 0 Å². The smallest absolute Gasteiger partial charge is 0.167 e. The minimum atomic E-state index is -0.760. The van der Waals surface area contributed by atoms with Crippen LogP contribution in [0.3, 0.4) is 0 Å². The number of aromatic hydroxyl groups is 1. The molecule has 1 aromatic heterocycles. The lowest BCUT2D eigenvalue weighted by atomic mass is 10.0. The number of phenols is 1. The van der Waals surface area contributed by atoms with Crippen LogP contribution in [0.25, 0.3) is 34.2 Å². The molecule has 0 spiro atoms. The molecule has 2 N–H and O–H groups in total. The molecule has 1 atom stereocenters. The molecule has 47 heavy (non-hydrogen) atoms. The number of benzene rings is 3. The molecule has 0 bridgehead atoms. The van der Waals surface area contributed by atoms with Crippen LogP contribution in [0.15, 0.2) is 54.6 Å². The number of rotatable bonds is 19. The number of nitrogens with zero attached hydrogens (tertiary/aromatic N) is 3. The molecular weight excluding hydrogens is 586 g/mol. The predicted octanol–water partition coefficient (Wildman–Crippen LogP) is 9.49. The molecule has 7 nitrogen and oxygen atoms in total. The lowest BCUT2D eigenvalue weighted by molar-refractivity contribution is 0.0109. The van der Waals surface area contributed by atoms with E-state index in [2.05, 4.69) is 32.9 Å². The van der Waals surface area contributed by atoms with Crippen LogP contribution in [0.4, 0.5) is 0 Å². The van der Waals surface area contributed by atoms with E-state index in [-0.39, 0.29) is 19.0 Å². The molecule has 7 heteroatoms. The van der Waals surface area contributed by atoms with Gasteiger partial charge in [0.2, 0.25) is 0 Å². The minimum absolute atomic E-state index is 0.0152. The maximum atomic E-state index is 11.1. The normalized spacial score (nSPS) is 12.0. The third-order valence-corrected chi connectivity index (χ3v) is 8.49. The molecule has 4 rings (SSSR count). The summed E-state index contributed by atoms with van der Waals surface area (Å²) in [5.41, 5.74) is 6.74. The highest BCUT2D eigenvalue weighted by atomic mass is 16.5. The van der Waals surface area contributed by atoms with E-state index in [1.54, 1.807) is 12.1 Å². The number of aliphatic hydroxyl groups excluding tert-OH is 1. The summed E-state index contributed by atoms with van der Waals surface area (Å²) in [5.74, 6) is 1.89. The molecule has 0 unspecified atom stereocenters. The Morgan fingerprint density at radius 3 is 1.60 bits per heavy atom. The third-order valence-electron chi connectivity index (χ3n) is 8.49. The van der Waals surface area contributed by atoms with Crippen LogP contribution in [-0.4, -0.2) is 51.1 Å². The number of hydrogen-bond acceptors (Lipinski definition) is 7. The number of hydrogen-bond donors (Lipinski definition) is 2. The van der Waals surface area contributed by atoms with Crippen molar-refractivity contribution in [3.63, 3.8) is 0 Å². The Bertz CT molecular complexity index is 1500. The summed E-state index contributed by atoms with van der Waals surface area (Å²) in [6, 6.07) is 17.4. The van der Waals surface area contributed by atoms with Gasteiger partial charge in [-0.15, -0.1) is 0 Å². The zero-order chi connectivity index (χ0) is 33.6. The number of phenolic OH excluding ortho intramolecular Hbond substituents is 1. The molecule has 0 radical (unpaired) electrons. The predicted molar refractivity (Wildman–Crippen MR) is 191 cm³/mol. The number of ether oxygens (including phenoxy) is 2. The Hall–Kier alpha value is -3.81. The highest BCUT2D eigenvalue weighted by Gasteiger charge is 2.18.